The molecule has 2 nitrogen and oxygen atoms in total. The number of hydrogen-bond acceptors (Lipinski definition) is 2. The van der Waals surface area contributed by atoms with E-state index in [0.717, 1.165) is 0 Å². The zero-order valence-corrected chi connectivity index (χ0v) is 4.52. The Labute approximate surface area is 42.5 Å². The average Bonchev–Trinajstić information content (AvgIpc) is 2.18. The summed E-state index contributed by atoms with van der Waals surface area (Å²) >= 11 is 0. The predicted octanol–water partition coefficient (Wildman–Crippen LogP) is 0.364. The van der Waals surface area contributed by atoms with Crippen LogP contribution in [0.2, 0.25) is 0 Å². The van der Waals surface area contributed by atoms with E-state index in [1.807, 2.05) is 0 Å². The second-order valence-electron chi connectivity index (χ2n) is 2.03. The minimum Gasteiger partial charge on any atom is -0.370 e. The smallest absolute Gasteiger partial charge is 0.168 e. The zero-order chi connectivity index (χ0) is 5.49. The standard InChI is InChI=1S/C5H8O2/c1-5(7-2)3-4(5)6/h3H2,1-2H3. The molecule has 1 saturated carbocycles. The Bertz CT molecular complexity index is 109. The third-order valence-corrected chi connectivity index (χ3v) is 1.41. The van der Waals surface area contributed by atoms with E-state index in [4.69, 9.17) is 4.74 Å². The molecular weight excluding hydrogens is 92.1 g/mol. The minimum absolute atomic E-state index is 0.218. The van der Waals surface area contributed by atoms with Gasteiger partial charge in [-0.1, -0.05) is 0 Å². The van der Waals surface area contributed by atoms with Gasteiger partial charge in [0, 0.05) is 13.5 Å². The molecule has 0 N–H and O–H groups in total. The summed E-state index contributed by atoms with van der Waals surface area (Å²) in [6.07, 6.45) is 0.601. The van der Waals surface area contributed by atoms with Crippen LogP contribution in [0.25, 0.3) is 0 Å². The largest absolute Gasteiger partial charge is 0.370 e. The second-order valence-corrected chi connectivity index (χ2v) is 2.03. The van der Waals surface area contributed by atoms with Crippen LogP contribution in [-0.2, 0) is 9.53 Å². The van der Waals surface area contributed by atoms with E-state index in [0.29, 0.717) is 6.42 Å². The van der Waals surface area contributed by atoms with E-state index in [9.17, 15) is 4.79 Å². The maximum atomic E-state index is 10.3. The van der Waals surface area contributed by atoms with Gasteiger partial charge in [-0.05, 0) is 6.92 Å². The summed E-state index contributed by atoms with van der Waals surface area (Å²) in [6.45, 7) is 1.80. The van der Waals surface area contributed by atoms with Gasteiger partial charge >= 0.3 is 0 Å². The highest BCUT2D eigenvalue weighted by atomic mass is 16.5. The van der Waals surface area contributed by atoms with Gasteiger partial charge in [0.15, 0.2) is 5.78 Å². The van der Waals surface area contributed by atoms with Gasteiger partial charge in [-0.2, -0.15) is 0 Å². The predicted molar refractivity (Wildman–Crippen MR) is 25.0 cm³/mol. The van der Waals surface area contributed by atoms with Crippen molar-refractivity contribution in [1.82, 2.24) is 0 Å². The molecule has 0 aliphatic heterocycles. The van der Waals surface area contributed by atoms with Gasteiger partial charge in [-0.25, -0.2) is 0 Å². The molecule has 0 bridgehead atoms. The number of carbonyl (C=O) groups is 1. The summed E-state index contributed by atoms with van der Waals surface area (Å²) in [5.74, 6) is 0.218. The minimum atomic E-state index is -0.389. The van der Waals surface area contributed by atoms with Gasteiger partial charge in [0.05, 0.1) is 0 Å². The Morgan fingerprint density at radius 3 is 2.29 bits per heavy atom. The van der Waals surface area contributed by atoms with Crippen LogP contribution in [0.5, 0.6) is 0 Å². The SMILES string of the molecule is COC1(C)CC1=O. The number of rotatable bonds is 1. The Hall–Kier alpha value is -0.370. The first-order valence-electron chi connectivity index (χ1n) is 2.27. The Balaban J connectivity index is 2.52. The van der Waals surface area contributed by atoms with E-state index in [-0.39, 0.29) is 11.4 Å². The van der Waals surface area contributed by atoms with Crippen LogP contribution in [0.3, 0.4) is 0 Å². The molecule has 1 unspecified atom stereocenters. The Kier molecular flexibility index (Phi) is 0.729. The number of ether oxygens (including phenoxy) is 1. The highest BCUT2D eigenvalue weighted by molar-refractivity contribution is 6.03. The molecule has 1 atom stereocenters. The Morgan fingerprint density at radius 2 is 2.29 bits per heavy atom. The molecule has 7 heavy (non-hydrogen) atoms. The van der Waals surface area contributed by atoms with E-state index in [2.05, 4.69) is 0 Å². The molecule has 0 spiro atoms. The van der Waals surface area contributed by atoms with Crippen molar-refractivity contribution in [2.75, 3.05) is 7.11 Å². The topological polar surface area (TPSA) is 26.3 Å². The monoisotopic (exact) mass is 100 g/mol. The summed E-state index contributed by atoms with van der Waals surface area (Å²) in [7, 11) is 1.56. The molecule has 0 heterocycles. The van der Waals surface area contributed by atoms with Crippen LogP contribution < -0.4 is 0 Å². The summed E-state index contributed by atoms with van der Waals surface area (Å²) in [5, 5.41) is 0. The van der Waals surface area contributed by atoms with E-state index in [1.54, 1.807) is 14.0 Å². The van der Waals surface area contributed by atoms with Gasteiger partial charge < -0.3 is 4.74 Å². The fourth-order valence-corrected chi connectivity index (χ4v) is 0.448. The van der Waals surface area contributed by atoms with Crippen molar-refractivity contribution < 1.29 is 9.53 Å². The van der Waals surface area contributed by atoms with Crippen molar-refractivity contribution in [1.29, 1.82) is 0 Å². The lowest BCUT2D eigenvalue weighted by Crippen LogP contribution is -2.07. The molecule has 1 rings (SSSR count). The maximum Gasteiger partial charge on any atom is 0.168 e. The highest BCUT2D eigenvalue weighted by Gasteiger charge is 2.49. The molecule has 0 radical (unpaired) electrons. The number of carbonyl (C=O) groups excluding carboxylic acids is 1. The van der Waals surface area contributed by atoms with Crippen LogP contribution in [0.1, 0.15) is 13.3 Å². The van der Waals surface area contributed by atoms with Crippen LogP contribution >= 0.6 is 0 Å². The molecule has 2 heteroatoms. The molecule has 1 aliphatic rings. The van der Waals surface area contributed by atoms with Gasteiger partial charge in [0.25, 0.3) is 0 Å². The molecule has 0 amide bonds. The van der Waals surface area contributed by atoms with Crippen LogP contribution in [-0.4, -0.2) is 18.5 Å². The van der Waals surface area contributed by atoms with Crippen molar-refractivity contribution in [3.8, 4) is 0 Å². The molecular formula is C5H8O2. The molecule has 1 aliphatic carbocycles. The number of Topliss-reactive ketones (excluding diaryl/α,β-unsaturated/α-hetero) is 1. The summed E-state index contributed by atoms with van der Waals surface area (Å²) < 4.78 is 4.81. The van der Waals surface area contributed by atoms with E-state index in [1.165, 1.54) is 0 Å². The lowest BCUT2D eigenvalue weighted by Gasteiger charge is -1.97. The average molecular weight is 100 g/mol. The molecule has 40 valence electrons. The first kappa shape index (κ1) is 4.78. The lowest BCUT2D eigenvalue weighted by molar-refractivity contribution is -0.116. The second kappa shape index (κ2) is 1.07. The van der Waals surface area contributed by atoms with Crippen molar-refractivity contribution in [3.63, 3.8) is 0 Å². The summed E-state index contributed by atoms with van der Waals surface area (Å²) in [5.41, 5.74) is -0.389. The van der Waals surface area contributed by atoms with Gasteiger partial charge in [-0.15, -0.1) is 0 Å². The number of methoxy groups -OCH3 is 1. The van der Waals surface area contributed by atoms with Crippen molar-refractivity contribution >= 4 is 5.78 Å². The van der Waals surface area contributed by atoms with Gasteiger partial charge in [-0.3, -0.25) is 4.79 Å². The number of ketones is 1. The van der Waals surface area contributed by atoms with Gasteiger partial charge in [0.1, 0.15) is 5.60 Å². The quantitative estimate of drug-likeness (QED) is 0.475. The first-order chi connectivity index (χ1) is 3.19. The van der Waals surface area contributed by atoms with Crippen LogP contribution in [0.4, 0.5) is 0 Å². The van der Waals surface area contributed by atoms with Crippen molar-refractivity contribution in [3.05, 3.63) is 0 Å². The third kappa shape index (κ3) is 0.548. The third-order valence-electron chi connectivity index (χ3n) is 1.41. The molecule has 0 aromatic rings. The highest BCUT2D eigenvalue weighted by Crippen LogP contribution is 2.32. The molecule has 0 aromatic carbocycles. The fraction of sp³-hybridized carbons (Fsp3) is 0.800. The van der Waals surface area contributed by atoms with E-state index < -0.39 is 0 Å². The number of hydrogen-bond donors (Lipinski definition) is 0. The van der Waals surface area contributed by atoms with E-state index >= 15 is 0 Å². The van der Waals surface area contributed by atoms with Crippen molar-refractivity contribution in [2.24, 2.45) is 0 Å². The zero-order valence-electron chi connectivity index (χ0n) is 4.52. The molecule has 1 fully saturated rings. The lowest BCUT2D eigenvalue weighted by atomic mass is 10.4. The Morgan fingerprint density at radius 1 is 1.86 bits per heavy atom. The summed E-state index contributed by atoms with van der Waals surface area (Å²) in [6, 6.07) is 0. The van der Waals surface area contributed by atoms with Crippen LogP contribution in [0.15, 0.2) is 0 Å². The molecule has 0 saturated heterocycles. The maximum absolute atomic E-state index is 10.3. The molecule has 0 aromatic heterocycles. The van der Waals surface area contributed by atoms with Gasteiger partial charge in [0.2, 0.25) is 0 Å². The fourth-order valence-electron chi connectivity index (χ4n) is 0.448. The summed E-state index contributed by atoms with van der Waals surface area (Å²) in [4.78, 5) is 10.3. The normalized spacial score (nSPS) is 38.9. The first-order valence-corrected chi connectivity index (χ1v) is 2.27. The van der Waals surface area contributed by atoms with Crippen molar-refractivity contribution in [2.45, 2.75) is 18.9 Å². The van der Waals surface area contributed by atoms with Crippen LogP contribution in [0, 0.1) is 0 Å².